The standard InChI is InChI=1S/C12H17FN2O/c1-5-12(2,15(3)4)11(16)9-6-10(13)8-14-7-9/h6-8H,5H2,1-4H3. The van der Waals surface area contributed by atoms with Crippen molar-refractivity contribution in [2.24, 2.45) is 0 Å². The molecule has 0 spiro atoms. The van der Waals surface area contributed by atoms with E-state index in [2.05, 4.69) is 4.98 Å². The molecule has 1 unspecified atom stereocenters. The highest BCUT2D eigenvalue weighted by atomic mass is 19.1. The van der Waals surface area contributed by atoms with Gasteiger partial charge in [0.25, 0.3) is 0 Å². The Hall–Kier alpha value is -1.29. The van der Waals surface area contributed by atoms with Crippen molar-refractivity contribution in [1.82, 2.24) is 9.88 Å². The summed E-state index contributed by atoms with van der Waals surface area (Å²) < 4.78 is 13.0. The molecule has 16 heavy (non-hydrogen) atoms. The number of carbonyl (C=O) groups is 1. The number of Topliss-reactive ketones (excluding diaryl/α,β-unsaturated/α-hetero) is 1. The number of likely N-dealkylation sites (N-methyl/N-ethyl adjacent to an activating group) is 1. The number of carbonyl (C=O) groups excluding carboxylic acids is 1. The van der Waals surface area contributed by atoms with Gasteiger partial charge >= 0.3 is 0 Å². The van der Waals surface area contributed by atoms with Gasteiger partial charge in [-0.2, -0.15) is 0 Å². The summed E-state index contributed by atoms with van der Waals surface area (Å²) in [6.45, 7) is 3.78. The van der Waals surface area contributed by atoms with Gasteiger partial charge in [-0.05, 0) is 33.5 Å². The van der Waals surface area contributed by atoms with E-state index in [9.17, 15) is 9.18 Å². The lowest BCUT2D eigenvalue weighted by molar-refractivity contribution is 0.0709. The summed E-state index contributed by atoms with van der Waals surface area (Å²) in [5.74, 6) is -0.588. The van der Waals surface area contributed by atoms with Crippen LogP contribution in [0.25, 0.3) is 0 Å². The topological polar surface area (TPSA) is 33.2 Å². The van der Waals surface area contributed by atoms with Crippen LogP contribution in [0.5, 0.6) is 0 Å². The van der Waals surface area contributed by atoms with E-state index >= 15 is 0 Å². The molecular weight excluding hydrogens is 207 g/mol. The van der Waals surface area contributed by atoms with E-state index in [-0.39, 0.29) is 5.78 Å². The van der Waals surface area contributed by atoms with Crippen LogP contribution >= 0.6 is 0 Å². The third-order valence-electron chi connectivity index (χ3n) is 3.13. The minimum absolute atomic E-state index is 0.105. The van der Waals surface area contributed by atoms with Crippen molar-refractivity contribution in [1.29, 1.82) is 0 Å². The third kappa shape index (κ3) is 2.27. The molecule has 0 aliphatic carbocycles. The van der Waals surface area contributed by atoms with E-state index in [4.69, 9.17) is 0 Å². The van der Waals surface area contributed by atoms with Gasteiger partial charge in [-0.3, -0.25) is 14.7 Å². The average Bonchev–Trinajstić information content (AvgIpc) is 2.26. The van der Waals surface area contributed by atoms with Gasteiger partial charge in [0.1, 0.15) is 5.82 Å². The highest BCUT2D eigenvalue weighted by Gasteiger charge is 2.34. The van der Waals surface area contributed by atoms with Gasteiger partial charge in [-0.1, -0.05) is 6.92 Å². The monoisotopic (exact) mass is 224 g/mol. The van der Waals surface area contributed by atoms with E-state index < -0.39 is 11.4 Å². The first-order chi connectivity index (χ1) is 7.41. The lowest BCUT2D eigenvalue weighted by atomic mass is 9.88. The van der Waals surface area contributed by atoms with Crippen LogP contribution in [-0.4, -0.2) is 35.3 Å². The zero-order valence-corrected chi connectivity index (χ0v) is 10.1. The Kier molecular flexibility index (Phi) is 3.75. The van der Waals surface area contributed by atoms with E-state index in [1.807, 2.05) is 32.8 Å². The largest absolute Gasteiger partial charge is 0.297 e. The van der Waals surface area contributed by atoms with Gasteiger partial charge in [0.2, 0.25) is 0 Å². The fourth-order valence-electron chi connectivity index (χ4n) is 1.53. The van der Waals surface area contributed by atoms with Gasteiger partial charge in [0.15, 0.2) is 5.78 Å². The van der Waals surface area contributed by atoms with Crippen LogP contribution in [0.3, 0.4) is 0 Å². The third-order valence-corrected chi connectivity index (χ3v) is 3.13. The van der Waals surface area contributed by atoms with Crippen LogP contribution < -0.4 is 0 Å². The van der Waals surface area contributed by atoms with Crippen LogP contribution in [0.15, 0.2) is 18.5 Å². The first-order valence-electron chi connectivity index (χ1n) is 5.24. The fraction of sp³-hybridized carbons (Fsp3) is 0.500. The second-order valence-electron chi connectivity index (χ2n) is 4.24. The van der Waals surface area contributed by atoms with Crippen LogP contribution in [0, 0.1) is 5.82 Å². The molecule has 0 aliphatic rings. The summed E-state index contributed by atoms with van der Waals surface area (Å²) in [5.41, 5.74) is -0.298. The van der Waals surface area contributed by atoms with Crippen molar-refractivity contribution in [3.8, 4) is 0 Å². The Labute approximate surface area is 95.3 Å². The molecule has 1 rings (SSSR count). The highest BCUT2D eigenvalue weighted by molar-refractivity contribution is 6.02. The quantitative estimate of drug-likeness (QED) is 0.735. The summed E-state index contributed by atoms with van der Waals surface area (Å²) in [6, 6.07) is 1.23. The van der Waals surface area contributed by atoms with E-state index in [1.54, 1.807) is 0 Å². The van der Waals surface area contributed by atoms with Crippen molar-refractivity contribution in [3.63, 3.8) is 0 Å². The molecule has 0 saturated heterocycles. The Bertz CT molecular complexity index is 392. The molecule has 88 valence electrons. The SMILES string of the molecule is CCC(C)(C(=O)c1cncc(F)c1)N(C)C. The summed E-state index contributed by atoms with van der Waals surface area (Å²) in [5, 5.41) is 0. The molecule has 0 bridgehead atoms. The lowest BCUT2D eigenvalue weighted by Crippen LogP contribution is -2.48. The first-order valence-corrected chi connectivity index (χ1v) is 5.24. The number of aromatic nitrogens is 1. The number of ketones is 1. The molecule has 0 N–H and O–H groups in total. The van der Waals surface area contributed by atoms with E-state index in [1.165, 1.54) is 12.3 Å². The Morgan fingerprint density at radius 2 is 2.12 bits per heavy atom. The molecule has 0 aromatic carbocycles. The predicted molar refractivity (Wildman–Crippen MR) is 60.9 cm³/mol. The molecule has 0 saturated carbocycles. The fourth-order valence-corrected chi connectivity index (χ4v) is 1.53. The van der Waals surface area contributed by atoms with Crippen molar-refractivity contribution < 1.29 is 9.18 Å². The van der Waals surface area contributed by atoms with Crippen molar-refractivity contribution >= 4 is 5.78 Å². The Morgan fingerprint density at radius 3 is 2.56 bits per heavy atom. The number of pyridine rings is 1. The number of hydrogen-bond donors (Lipinski definition) is 0. The van der Waals surface area contributed by atoms with Crippen molar-refractivity contribution in [3.05, 3.63) is 29.8 Å². The molecule has 3 nitrogen and oxygen atoms in total. The molecule has 4 heteroatoms. The second-order valence-corrected chi connectivity index (χ2v) is 4.24. The lowest BCUT2D eigenvalue weighted by Gasteiger charge is -2.33. The molecule has 1 heterocycles. The molecule has 0 fully saturated rings. The smallest absolute Gasteiger partial charge is 0.184 e. The van der Waals surface area contributed by atoms with Crippen LogP contribution in [0.1, 0.15) is 30.6 Å². The molecule has 1 atom stereocenters. The molecule has 0 aliphatic heterocycles. The number of rotatable bonds is 4. The first kappa shape index (κ1) is 12.8. The predicted octanol–water partition coefficient (Wildman–Crippen LogP) is 2.13. The maximum Gasteiger partial charge on any atom is 0.184 e. The molecule has 0 radical (unpaired) electrons. The van der Waals surface area contributed by atoms with Gasteiger partial charge < -0.3 is 0 Å². The zero-order chi connectivity index (χ0) is 12.3. The van der Waals surface area contributed by atoms with Gasteiger partial charge in [-0.15, -0.1) is 0 Å². The molecule has 1 aromatic heterocycles. The van der Waals surface area contributed by atoms with Crippen LogP contribution in [0.2, 0.25) is 0 Å². The summed E-state index contributed by atoms with van der Waals surface area (Å²) in [7, 11) is 3.68. The minimum Gasteiger partial charge on any atom is -0.297 e. The second kappa shape index (κ2) is 4.70. The van der Waals surface area contributed by atoms with Crippen LogP contribution in [-0.2, 0) is 0 Å². The normalized spacial score (nSPS) is 14.9. The van der Waals surface area contributed by atoms with Crippen LogP contribution in [0.4, 0.5) is 4.39 Å². The van der Waals surface area contributed by atoms with Crippen molar-refractivity contribution in [2.45, 2.75) is 25.8 Å². The Morgan fingerprint density at radius 1 is 1.50 bits per heavy atom. The van der Waals surface area contributed by atoms with E-state index in [0.717, 1.165) is 6.20 Å². The number of nitrogens with zero attached hydrogens (tertiary/aromatic N) is 2. The summed E-state index contributed by atoms with van der Waals surface area (Å²) >= 11 is 0. The zero-order valence-electron chi connectivity index (χ0n) is 10.1. The summed E-state index contributed by atoms with van der Waals surface area (Å²) in [4.78, 5) is 17.8. The molecular formula is C12H17FN2O. The van der Waals surface area contributed by atoms with Gasteiger partial charge in [-0.25, -0.2) is 4.39 Å². The number of hydrogen-bond acceptors (Lipinski definition) is 3. The maximum atomic E-state index is 13.0. The number of halogens is 1. The highest BCUT2D eigenvalue weighted by Crippen LogP contribution is 2.22. The van der Waals surface area contributed by atoms with Gasteiger partial charge in [0, 0.05) is 11.8 Å². The maximum absolute atomic E-state index is 13.0. The Balaban J connectivity index is 3.10. The average molecular weight is 224 g/mol. The molecule has 1 aromatic rings. The minimum atomic E-state index is -0.616. The molecule has 0 amide bonds. The van der Waals surface area contributed by atoms with Gasteiger partial charge in [0.05, 0.1) is 11.7 Å². The van der Waals surface area contributed by atoms with Crippen molar-refractivity contribution in [2.75, 3.05) is 14.1 Å². The van der Waals surface area contributed by atoms with E-state index in [0.29, 0.717) is 12.0 Å². The summed E-state index contributed by atoms with van der Waals surface area (Å²) in [6.07, 6.45) is 3.16.